The highest BCUT2D eigenvalue weighted by molar-refractivity contribution is 6.28. The molecule has 2 fully saturated rings. The number of hydrogen-bond acceptors (Lipinski definition) is 7. The van der Waals surface area contributed by atoms with Crippen molar-refractivity contribution in [2.24, 2.45) is 11.8 Å². The van der Waals surface area contributed by atoms with E-state index < -0.39 is 17.5 Å². The van der Waals surface area contributed by atoms with E-state index in [-0.39, 0.29) is 34.4 Å². The van der Waals surface area contributed by atoms with Crippen molar-refractivity contribution < 1.29 is 18.7 Å². The smallest absolute Gasteiger partial charge is 0.407 e. The van der Waals surface area contributed by atoms with Crippen LogP contribution in [-0.2, 0) is 11.3 Å². The number of pyridine rings is 1. The molecule has 0 radical (unpaired) electrons. The van der Waals surface area contributed by atoms with Crippen LogP contribution >= 0.6 is 11.6 Å². The molecule has 5 aromatic rings. The molecule has 10 heteroatoms. The second kappa shape index (κ2) is 12.0. The van der Waals surface area contributed by atoms with Gasteiger partial charge in [0.25, 0.3) is 0 Å². The summed E-state index contributed by atoms with van der Waals surface area (Å²) in [6.45, 7) is 7.20. The minimum absolute atomic E-state index is 0.000745. The van der Waals surface area contributed by atoms with E-state index in [1.54, 1.807) is 6.20 Å². The van der Waals surface area contributed by atoms with E-state index in [1.807, 2.05) is 87.5 Å². The average Bonchev–Trinajstić information content (AvgIpc) is 3.24. The summed E-state index contributed by atoms with van der Waals surface area (Å²) in [5.41, 5.74) is 1.34. The Kier molecular flexibility index (Phi) is 7.88. The minimum atomic E-state index is -0.571. The Labute approximate surface area is 271 Å². The van der Waals surface area contributed by atoms with Crippen LogP contribution in [0.3, 0.4) is 0 Å². The molecule has 1 saturated heterocycles. The molecular weight excluding hydrogens is 605 g/mol. The summed E-state index contributed by atoms with van der Waals surface area (Å²) < 4.78 is 28.2. The van der Waals surface area contributed by atoms with E-state index in [1.165, 1.54) is 0 Å². The van der Waals surface area contributed by atoms with Crippen LogP contribution in [0.25, 0.3) is 32.9 Å². The molecule has 2 aromatic heterocycles. The quantitative estimate of drug-likeness (QED) is 0.189. The molecule has 0 spiro atoms. The number of piperidine rings is 1. The molecule has 1 aliphatic heterocycles. The number of nitrogens with zero attached hydrogens (tertiary/aromatic N) is 4. The third-order valence-electron chi connectivity index (χ3n) is 8.79. The monoisotopic (exact) mass is 639 g/mol. The fraction of sp³-hybridized carbons (Fsp3) is 0.333. The summed E-state index contributed by atoms with van der Waals surface area (Å²) >= 11 is 6.45. The fourth-order valence-electron chi connectivity index (χ4n) is 6.82. The Hall–Kier alpha value is -4.50. The van der Waals surface area contributed by atoms with Gasteiger partial charge in [-0.05, 0) is 85.5 Å². The molecule has 3 aromatic carbocycles. The summed E-state index contributed by atoms with van der Waals surface area (Å²) in [6.07, 6.45) is 3.16. The van der Waals surface area contributed by atoms with Gasteiger partial charge in [-0.15, -0.1) is 0 Å². The van der Waals surface area contributed by atoms with Crippen LogP contribution in [0.15, 0.2) is 72.9 Å². The zero-order valence-electron chi connectivity index (χ0n) is 26.0. The van der Waals surface area contributed by atoms with Crippen molar-refractivity contribution in [3.63, 3.8) is 0 Å². The van der Waals surface area contributed by atoms with Crippen LogP contribution in [0.4, 0.5) is 15.0 Å². The molecule has 2 bridgehead atoms. The number of ether oxygens (including phenoxy) is 2. The lowest BCUT2D eigenvalue weighted by Gasteiger charge is -2.39. The minimum Gasteiger partial charge on any atom is -0.489 e. The molecule has 7 rings (SSSR count). The summed E-state index contributed by atoms with van der Waals surface area (Å²) in [5.74, 6) is 0.969. The molecule has 1 saturated carbocycles. The third-order valence-corrected chi connectivity index (χ3v) is 8.96. The van der Waals surface area contributed by atoms with Gasteiger partial charge in [0.1, 0.15) is 35.0 Å². The maximum absolute atomic E-state index is 16.6. The summed E-state index contributed by atoms with van der Waals surface area (Å²) in [7, 11) is 0. The molecule has 2 atom stereocenters. The van der Waals surface area contributed by atoms with Crippen molar-refractivity contribution >= 4 is 45.2 Å². The van der Waals surface area contributed by atoms with Crippen LogP contribution in [0, 0.1) is 17.7 Å². The Balaban J connectivity index is 1.21. The normalized spacial score (nSPS) is 19.4. The lowest BCUT2D eigenvalue weighted by molar-refractivity contribution is 0.0472. The van der Waals surface area contributed by atoms with Crippen molar-refractivity contribution in [3.8, 4) is 17.0 Å². The van der Waals surface area contributed by atoms with Gasteiger partial charge >= 0.3 is 6.09 Å². The maximum atomic E-state index is 16.6. The number of carbonyl (C=O) groups is 1. The fourth-order valence-corrected chi connectivity index (χ4v) is 6.99. The van der Waals surface area contributed by atoms with Gasteiger partial charge in [-0.25, -0.2) is 14.2 Å². The van der Waals surface area contributed by atoms with Crippen molar-refractivity contribution in [2.75, 3.05) is 18.0 Å². The second-order valence-electron chi connectivity index (χ2n) is 13.1. The van der Waals surface area contributed by atoms with Crippen molar-refractivity contribution in [1.82, 2.24) is 20.3 Å². The van der Waals surface area contributed by atoms with Crippen molar-refractivity contribution in [2.45, 2.75) is 51.9 Å². The van der Waals surface area contributed by atoms with E-state index in [0.29, 0.717) is 42.2 Å². The van der Waals surface area contributed by atoms with Gasteiger partial charge in [-0.2, -0.15) is 4.98 Å². The van der Waals surface area contributed by atoms with E-state index in [0.717, 1.165) is 29.2 Å². The lowest BCUT2D eigenvalue weighted by Crippen LogP contribution is -2.53. The van der Waals surface area contributed by atoms with Gasteiger partial charge in [0.2, 0.25) is 5.28 Å². The van der Waals surface area contributed by atoms with Gasteiger partial charge in [0, 0.05) is 30.9 Å². The van der Waals surface area contributed by atoms with Crippen LogP contribution in [0.2, 0.25) is 5.28 Å². The molecule has 46 heavy (non-hydrogen) atoms. The van der Waals surface area contributed by atoms with Crippen LogP contribution in [-0.4, -0.2) is 45.8 Å². The number of anilines is 1. The third kappa shape index (κ3) is 6.03. The molecule has 2 aliphatic rings. The first-order chi connectivity index (χ1) is 22.1. The first-order valence-corrected chi connectivity index (χ1v) is 16.0. The first-order valence-electron chi connectivity index (χ1n) is 15.6. The van der Waals surface area contributed by atoms with Gasteiger partial charge < -0.3 is 19.7 Å². The predicted molar refractivity (Wildman–Crippen MR) is 178 cm³/mol. The first kappa shape index (κ1) is 30.2. The SMILES string of the molecule is CC(C)(C)OC(=O)NC1C2CCC1CN(c1nc(Cl)nc3c(F)c(-c4cc(OCc5ccccc5)cc5ccccc45)ncc13)C2. The number of nitrogens with one attached hydrogen (secondary N) is 1. The summed E-state index contributed by atoms with van der Waals surface area (Å²) in [6, 6.07) is 21.4. The second-order valence-corrected chi connectivity index (χ2v) is 13.5. The standard InChI is InChI=1S/C36H35ClFN5O3/c1-36(2,3)46-35(44)41-30-23-13-14-24(30)19-43(18-23)33-28-17-39-31(29(38)32(28)40-34(37)42-33)27-16-25(15-22-11-7-8-12-26(22)27)45-20-21-9-5-4-6-10-21/h4-12,15-17,23-24,30H,13-14,18-20H2,1-3H3,(H,41,44). The number of carbonyl (C=O) groups excluding carboxylic acids is 1. The zero-order valence-corrected chi connectivity index (χ0v) is 26.7. The highest BCUT2D eigenvalue weighted by atomic mass is 35.5. The topological polar surface area (TPSA) is 89.5 Å². The summed E-state index contributed by atoms with van der Waals surface area (Å²) in [5, 5.41) is 5.30. The van der Waals surface area contributed by atoms with Crippen LogP contribution in [0.1, 0.15) is 39.2 Å². The Morgan fingerprint density at radius 3 is 2.46 bits per heavy atom. The number of fused-ring (bicyclic) bond motifs is 4. The number of benzene rings is 3. The van der Waals surface area contributed by atoms with Gasteiger partial charge in [0.15, 0.2) is 5.82 Å². The van der Waals surface area contributed by atoms with E-state index >= 15 is 4.39 Å². The molecule has 3 heterocycles. The number of hydrogen-bond donors (Lipinski definition) is 1. The zero-order chi connectivity index (χ0) is 32.0. The van der Waals surface area contributed by atoms with Gasteiger partial charge in [-0.1, -0.05) is 54.6 Å². The van der Waals surface area contributed by atoms with Gasteiger partial charge in [-0.3, -0.25) is 4.98 Å². The number of aromatic nitrogens is 3. The number of halogens is 2. The van der Waals surface area contributed by atoms with Crippen molar-refractivity contribution in [3.05, 3.63) is 89.6 Å². The molecular formula is C36H35ClFN5O3. The highest BCUT2D eigenvalue weighted by Gasteiger charge is 2.44. The highest BCUT2D eigenvalue weighted by Crippen LogP contribution is 2.41. The molecule has 8 nitrogen and oxygen atoms in total. The largest absolute Gasteiger partial charge is 0.489 e. The Morgan fingerprint density at radius 2 is 1.72 bits per heavy atom. The molecule has 1 N–H and O–H groups in total. The molecule has 1 aliphatic carbocycles. The lowest BCUT2D eigenvalue weighted by atomic mass is 9.92. The van der Waals surface area contributed by atoms with Crippen molar-refractivity contribution in [1.29, 1.82) is 0 Å². The average molecular weight is 640 g/mol. The van der Waals surface area contributed by atoms with Gasteiger partial charge in [0.05, 0.1) is 5.39 Å². The van der Waals surface area contributed by atoms with E-state index in [9.17, 15) is 4.79 Å². The van der Waals surface area contributed by atoms with Crippen LogP contribution in [0.5, 0.6) is 5.75 Å². The van der Waals surface area contributed by atoms with E-state index in [2.05, 4.69) is 25.2 Å². The number of alkyl carbamates (subject to hydrolysis) is 1. The number of amides is 1. The van der Waals surface area contributed by atoms with Crippen LogP contribution < -0.4 is 15.0 Å². The molecule has 2 unspecified atom stereocenters. The summed E-state index contributed by atoms with van der Waals surface area (Å²) in [4.78, 5) is 28.3. The number of rotatable bonds is 6. The van der Waals surface area contributed by atoms with E-state index in [4.69, 9.17) is 21.1 Å². The molecule has 1 amide bonds. The predicted octanol–water partition coefficient (Wildman–Crippen LogP) is 7.96. The Bertz CT molecular complexity index is 1920. The molecule has 236 valence electrons. The maximum Gasteiger partial charge on any atom is 0.407 e. The Morgan fingerprint density at radius 1 is 1.00 bits per heavy atom.